The summed E-state index contributed by atoms with van der Waals surface area (Å²) in [5.74, 6) is -0.0312. The van der Waals surface area contributed by atoms with Gasteiger partial charge in [-0.15, -0.1) is 0 Å². The lowest BCUT2D eigenvalue weighted by Crippen LogP contribution is -2.08. The van der Waals surface area contributed by atoms with Crippen LogP contribution in [0.5, 0.6) is 0 Å². The Balaban J connectivity index is 2.09. The van der Waals surface area contributed by atoms with E-state index in [1.165, 1.54) is 0 Å². The lowest BCUT2D eigenvalue weighted by molar-refractivity contribution is 0.103. The molecule has 4 rings (SSSR count). The van der Waals surface area contributed by atoms with Crippen molar-refractivity contribution in [3.63, 3.8) is 0 Å². The van der Waals surface area contributed by atoms with E-state index in [2.05, 4.69) is 4.98 Å². The lowest BCUT2D eigenvalue weighted by atomic mass is 9.90. The first kappa shape index (κ1) is 16.5. The summed E-state index contributed by atoms with van der Waals surface area (Å²) in [5.41, 5.74) is 4.67. The zero-order valence-corrected chi connectivity index (χ0v) is 15.0. The van der Waals surface area contributed by atoms with E-state index in [1.54, 1.807) is 0 Å². The number of rotatable bonds is 3. The molecule has 1 aromatic heterocycles. The fourth-order valence-electron chi connectivity index (χ4n) is 3.27. The molecule has 0 N–H and O–H groups in total. The number of benzene rings is 3. The molecule has 0 atom stereocenters. The lowest BCUT2D eigenvalue weighted by Gasteiger charge is -2.15. The van der Waals surface area contributed by atoms with E-state index in [9.17, 15) is 4.79 Å². The fraction of sp³-hybridized carbons (Fsp3) is 0.0435. The molecular formula is C23H16ClNO. The average molecular weight is 358 g/mol. The van der Waals surface area contributed by atoms with Gasteiger partial charge >= 0.3 is 0 Å². The highest BCUT2D eigenvalue weighted by atomic mass is 35.5. The van der Waals surface area contributed by atoms with Crippen molar-refractivity contribution in [3.8, 4) is 11.1 Å². The van der Waals surface area contributed by atoms with E-state index in [0.29, 0.717) is 21.8 Å². The van der Waals surface area contributed by atoms with E-state index in [1.807, 2.05) is 85.8 Å². The third-order valence-electron chi connectivity index (χ3n) is 4.45. The maximum Gasteiger partial charge on any atom is 0.195 e. The van der Waals surface area contributed by atoms with Crippen LogP contribution in [-0.4, -0.2) is 10.8 Å². The summed E-state index contributed by atoms with van der Waals surface area (Å²) >= 11 is 6.25. The Morgan fingerprint density at radius 3 is 2.23 bits per heavy atom. The van der Waals surface area contributed by atoms with Crippen LogP contribution < -0.4 is 0 Å². The molecular weight excluding hydrogens is 342 g/mol. The van der Waals surface area contributed by atoms with Crippen molar-refractivity contribution in [1.82, 2.24) is 4.98 Å². The second-order valence-corrected chi connectivity index (χ2v) is 6.61. The smallest absolute Gasteiger partial charge is 0.195 e. The molecule has 26 heavy (non-hydrogen) atoms. The van der Waals surface area contributed by atoms with Crippen molar-refractivity contribution < 1.29 is 4.79 Å². The molecule has 0 amide bonds. The first-order valence-corrected chi connectivity index (χ1v) is 8.78. The van der Waals surface area contributed by atoms with Gasteiger partial charge in [-0.1, -0.05) is 72.3 Å². The number of halogens is 1. The van der Waals surface area contributed by atoms with Crippen molar-refractivity contribution in [2.24, 2.45) is 0 Å². The molecule has 0 bridgehead atoms. The van der Waals surface area contributed by atoms with Crippen LogP contribution in [0.1, 0.15) is 21.6 Å². The summed E-state index contributed by atoms with van der Waals surface area (Å²) < 4.78 is 0. The SMILES string of the molecule is Cc1nc2ccc(Cl)cc2c(-c2ccccc2)c1C(=O)c1ccccc1. The van der Waals surface area contributed by atoms with Crippen LogP contribution in [0.25, 0.3) is 22.0 Å². The van der Waals surface area contributed by atoms with Gasteiger partial charge in [0.25, 0.3) is 0 Å². The number of aryl methyl sites for hydroxylation is 1. The number of ketones is 1. The molecule has 3 heteroatoms. The second kappa shape index (κ2) is 6.74. The molecule has 0 aliphatic carbocycles. The number of carbonyl (C=O) groups excluding carboxylic acids is 1. The van der Waals surface area contributed by atoms with Crippen molar-refractivity contribution >= 4 is 28.3 Å². The Kier molecular flexibility index (Phi) is 4.27. The molecule has 0 saturated carbocycles. The molecule has 0 spiro atoms. The Labute approximate surface area is 157 Å². The van der Waals surface area contributed by atoms with Crippen LogP contribution in [0, 0.1) is 6.92 Å². The minimum Gasteiger partial charge on any atom is -0.289 e. The quantitative estimate of drug-likeness (QED) is 0.415. The Morgan fingerprint density at radius 1 is 0.885 bits per heavy atom. The van der Waals surface area contributed by atoms with Gasteiger partial charge in [0.15, 0.2) is 5.78 Å². The number of fused-ring (bicyclic) bond motifs is 1. The van der Waals surface area contributed by atoms with Gasteiger partial charge in [-0.05, 0) is 30.7 Å². The first-order valence-electron chi connectivity index (χ1n) is 8.40. The predicted molar refractivity (Wildman–Crippen MR) is 107 cm³/mol. The van der Waals surface area contributed by atoms with E-state index in [4.69, 9.17) is 11.6 Å². The van der Waals surface area contributed by atoms with Gasteiger partial charge in [-0.2, -0.15) is 0 Å². The Hall–Kier alpha value is -2.97. The Morgan fingerprint density at radius 2 is 1.54 bits per heavy atom. The highest BCUT2D eigenvalue weighted by Gasteiger charge is 2.21. The summed E-state index contributed by atoms with van der Waals surface area (Å²) in [6.07, 6.45) is 0. The monoisotopic (exact) mass is 357 g/mol. The van der Waals surface area contributed by atoms with Crippen molar-refractivity contribution in [1.29, 1.82) is 0 Å². The summed E-state index contributed by atoms with van der Waals surface area (Å²) in [6, 6.07) is 24.8. The molecule has 0 aliphatic heterocycles. The molecule has 2 nitrogen and oxygen atoms in total. The van der Waals surface area contributed by atoms with E-state index in [0.717, 1.165) is 22.0 Å². The number of carbonyl (C=O) groups is 1. The van der Waals surface area contributed by atoms with Crippen LogP contribution in [0.3, 0.4) is 0 Å². The summed E-state index contributed by atoms with van der Waals surface area (Å²) in [6.45, 7) is 1.89. The van der Waals surface area contributed by atoms with Crippen LogP contribution in [0.4, 0.5) is 0 Å². The normalized spacial score (nSPS) is 10.8. The minimum atomic E-state index is -0.0312. The molecule has 0 unspecified atom stereocenters. The zero-order valence-electron chi connectivity index (χ0n) is 14.2. The molecule has 0 fully saturated rings. The molecule has 4 aromatic rings. The molecule has 0 radical (unpaired) electrons. The zero-order chi connectivity index (χ0) is 18.1. The van der Waals surface area contributed by atoms with Crippen molar-refractivity contribution in [3.05, 3.63) is 101 Å². The third kappa shape index (κ3) is 2.89. The van der Waals surface area contributed by atoms with Gasteiger partial charge in [-0.25, -0.2) is 0 Å². The topological polar surface area (TPSA) is 30.0 Å². The number of hydrogen-bond donors (Lipinski definition) is 0. The fourth-order valence-corrected chi connectivity index (χ4v) is 3.45. The van der Waals surface area contributed by atoms with Gasteiger partial charge in [0.05, 0.1) is 11.1 Å². The number of hydrogen-bond acceptors (Lipinski definition) is 2. The predicted octanol–water partition coefficient (Wildman–Crippen LogP) is 6.09. The third-order valence-corrected chi connectivity index (χ3v) is 4.69. The highest BCUT2D eigenvalue weighted by Crippen LogP contribution is 2.35. The molecule has 0 saturated heterocycles. The van der Waals surface area contributed by atoms with E-state index >= 15 is 0 Å². The summed E-state index contributed by atoms with van der Waals surface area (Å²) in [7, 11) is 0. The minimum absolute atomic E-state index is 0.0312. The van der Waals surface area contributed by atoms with E-state index in [-0.39, 0.29) is 5.78 Å². The van der Waals surface area contributed by atoms with Gasteiger partial charge in [0, 0.05) is 27.2 Å². The summed E-state index contributed by atoms with van der Waals surface area (Å²) in [4.78, 5) is 18.0. The number of aromatic nitrogens is 1. The molecule has 1 heterocycles. The Bertz CT molecular complexity index is 1110. The van der Waals surface area contributed by atoms with Gasteiger partial charge in [-0.3, -0.25) is 9.78 Å². The van der Waals surface area contributed by atoms with Crippen LogP contribution in [-0.2, 0) is 0 Å². The van der Waals surface area contributed by atoms with Crippen LogP contribution in [0.15, 0.2) is 78.9 Å². The highest BCUT2D eigenvalue weighted by molar-refractivity contribution is 6.31. The van der Waals surface area contributed by atoms with Crippen molar-refractivity contribution in [2.45, 2.75) is 6.92 Å². The standard InChI is InChI=1S/C23H16ClNO/c1-15-21(23(26)17-10-6-3-7-11-17)22(16-8-4-2-5-9-16)19-14-18(24)12-13-20(19)25-15/h2-14H,1H3. The van der Waals surface area contributed by atoms with E-state index < -0.39 is 0 Å². The largest absolute Gasteiger partial charge is 0.289 e. The first-order chi connectivity index (χ1) is 12.6. The van der Waals surface area contributed by atoms with Gasteiger partial charge < -0.3 is 0 Å². The molecule has 0 aliphatic rings. The average Bonchev–Trinajstić information content (AvgIpc) is 2.68. The van der Waals surface area contributed by atoms with Gasteiger partial charge in [0.2, 0.25) is 0 Å². The maximum absolute atomic E-state index is 13.3. The van der Waals surface area contributed by atoms with Crippen LogP contribution in [0.2, 0.25) is 5.02 Å². The molecule has 3 aromatic carbocycles. The van der Waals surface area contributed by atoms with Gasteiger partial charge in [0.1, 0.15) is 0 Å². The maximum atomic E-state index is 13.3. The van der Waals surface area contributed by atoms with Crippen LogP contribution >= 0.6 is 11.6 Å². The van der Waals surface area contributed by atoms with Crippen molar-refractivity contribution in [2.75, 3.05) is 0 Å². The number of pyridine rings is 1. The summed E-state index contributed by atoms with van der Waals surface area (Å²) in [5, 5.41) is 1.51. The number of nitrogens with zero attached hydrogens (tertiary/aromatic N) is 1. The molecule has 126 valence electrons. The second-order valence-electron chi connectivity index (χ2n) is 6.17.